The largest absolute Gasteiger partial charge is 0.381 e. The number of rotatable bonds is 6. The molecule has 0 aromatic rings. The highest BCUT2D eigenvalue weighted by molar-refractivity contribution is 5.93. The number of carbonyl (C=O) groups is 3. The normalized spacial score (nSPS) is 27.3. The fourth-order valence-corrected chi connectivity index (χ4v) is 4.60. The van der Waals surface area contributed by atoms with Gasteiger partial charge in [0.05, 0.1) is 6.04 Å². The summed E-state index contributed by atoms with van der Waals surface area (Å²) < 4.78 is 31.7. The van der Waals surface area contributed by atoms with Crippen LogP contribution in [0.4, 0.5) is 8.96 Å². The molecule has 170 valence electrons. The minimum absolute atomic E-state index is 0.0490. The molecule has 2 N–H and O–H groups in total. The van der Waals surface area contributed by atoms with E-state index in [-0.39, 0.29) is 31.0 Å². The first-order valence-corrected chi connectivity index (χ1v) is 10.6. The second-order valence-corrected chi connectivity index (χ2v) is 8.31. The molecule has 0 bridgehead atoms. The van der Waals surface area contributed by atoms with Gasteiger partial charge in [-0.15, -0.1) is 0 Å². The van der Waals surface area contributed by atoms with Gasteiger partial charge in [0.2, 0.25) is 11.8 Å². The molecule has 3 aliphatic rings. The van der Waals surface area contributed by atoms with Crippen LogP contribution in [0.25, 0.3) is 0 Å². The molecular weight excluding hydrogens is 400 g/mol. The zero-order valence-electron chi connectivity index (χ0n) is 17.5. The maximum Gasteiger partial charge on any atom is 0.307 e. The minimum Gasteiger partial charge on any atom is -0.381 e. The number of carbonyl (C=O) groups excluding carboxylic acids is 3. The van der Waals surface area contributed by atoms with Gasteiger partial charge in [-0.1, -0.05) is 8.96 Å². The Balaban J connectivity index is 1.85. The number of nitrogens with zero attached hydrogens (tertiary/aromatic N) is 3. The molecule has 3 fully saturated rings. The Morgan fingerprint density at radius 3 is 2.47 bits per heavy atom. The van der Waals surface area contributed by atoms with Crippen LogP contribution in [-0.2, 0) is 19.1 Å². The molecule has 30 heavy (non-hydrogen) atoms. The number of fused-ring (bicyclic) bond motifs is 1. The van der Waals surface area contributed by atoms with Gasteiger partial charge in [-0.05, 0) is 57.5 Å². The van der Waals surface area contributed by atoms with Gasteiger partial charge in [0, 0.05) is 32.3 Å². The van der Waals surface area contributed by atoms with Crippen molar-refractivity contribution in [2.45, 2.75) is 56.8 Å². The van der Waals surface area contributed by atoms with E-state index < -0.39 is 35.3 Å². The molecule has 0 spiro atoms. The van der Waals surface area contributed by atoms with E-state index in [1.807, 2.05) is 4.90 Å². The predicted octanol–water partition coefficient (Wildman–Crippen LogP) is -0.221. The molecule has 0 aliphatic carbocycles. The molecule has 11 heteroatoms. The van der Waals surface area contributed by atoms with Crippen LogP contribution in [0.3, 0.4) is 0 Å². The topological polar surface area (TPSA) is 94.2 Å². The fourth-order valence-electron chi connectivity index (χ4n) is 4.60. The van der Waals surface area contributed by atoms with Crippen molar-refractivity contribution in [3.63, 3.8) is 0 Å². The average Bonchev–Trinajstić information content (AvgIpc) is 3.22. The number of halogens is 2. The lowest BCUT2D eigenvalue weighted by atomic mass is 9.89. The van der Waals surface area contributed by atoms with Crippen molar-refractivity contribution in [1.29, 1.82) is 0 Å². The van der Waals surface area contributed by atoms with Crippen LogP contribution in [0, 0.1) is 5.92 Å². The van der Waals surface area contributed by atoms with E-state index in [9.17, 15) is 23.3 Å². The van der Waals surface area contributed by atoms with E-state index in [0.717, 1.165) is 19.4 Å². The minimum atomic E-state index is -1.44. The highest BCUT2D eigenvalue weighted by Crippen LogP contribution is 2.28. The summed E-state index contributed by atoms with van der Waals surface area (Å²) in [5, 5.41) is 4.21. The summed E-state index contributed by atoms with van der Waals surface area (Å²) in [7, 11) is 1.64. The fraction of sp³-hybridized carbons (Fsp3) is 0.842. The Hall–Kier alpha value is -1.85. The summed E-state index contributed by atoms with van der Waals surface area (Å²) in [6, 6.07) is -2.61. The first kappa shape index (κ1) is 22.8. The SMILES string of the molecule is CN[C@@H](C)C(=O)N[C@H](C(=O)N1CC2CCCN2CC1C(=O)N(F)F)C1CCOCC1. The molecule has 3 saturated heterocycles. The monoisotopic (exact) mass is 431 g/mol. The molecule has 3 amide bonds. The second-order valence-electron chi connectivity index (χ2n) is 8.31. The van der Waals surface area contributed by atoms with E-state index in [4.69, 9.17) is 4.74 Å². The van der Waals surface area contributed by atoms with Crippen LogP contribution >= 0.6 is 0 Å². The molecule has 3 aliphatic heterocycles. The molecule has 0 aromatic carbocycles. The number of piperazine rings is 1. The van der Waals surface area contributed by atoms with Gasteiger partial charge in [-0.2, -0.15) is 0 Å². The summed E-state index contributed by atoms with van der Waals surface area (Å²) >= 11 is 0. The van der Waals surface area contributed by atoms with E-state index in [0.29, 0.717) is 26.1 Å². The van der Waals surface area contributed by atoms with Crippen molar-refractivity contribution in [3.05, 3.63) is 0 Å². The van der Waals surface area contributed by atoms with Crippen LogP contribution < -0.4 is 10.6 Å². The summed E-state index contributed by atoms with van der Waals surface area (Å²) in [4.78, 5) is 41.6. The second kappa shape index (κ2) is 9.97. The Labute approximate surface area is 174 Å². The third-order valence-electron chi connectivity index (χ3n) is 6.55. The molecule has 0 radical (unpaired) electrons. The van der Waals surface area contributed by atoms with Crippen LogP contribution in [-0.4, -0.2) is 96.9 Å². The van der Waals surface area contributed by atoms with Crippen molar-refractivity contribution in [2.75, 3.05) is 39.9 Å². The lowest BCUT2D eigenvalue weighted by Gasteiger charge is -2.44. The molecule has 4 atom stereocenters. The average molecular weight is 431 g/mol. The van der Waals surface area contributed by atoms with Crippen molar-refractivity contribution in [3.8, 4) is 0 Å². The first-order chi connectivity index (χ1) is 14.3. The maximum atomic E-state index is 13.6. The maximum absolute atomic E-state index is 13.6. The zero-order valence-corrected chi connectivity index (χ0v) is 17.5. The smallest absolute Gasteiger partial charge is 0.307 e. The van der Waals surface area contributed by atoms with E-state index in [1.165, 1.54) is 4.90 Å². The third-order valence-corrected chi connectivity index (χ3v) is 6.55. The van der Waals surface area contributed by atoms with E-state index in [1.54, 1.807) is 14.0 Å². The summed E-state index contributed by atoms with van der Waals surface area (Å²) in [6.07, 6.45) is 2.91. The summed E-state index contributed by atoms with van der Waals surface area (Å²) in [5.74, 6) is -2.38. The lowest BCUT2D eigenvalue weighted by Crippen LogP contribution is -2.66. The lowest BCUT2D eigenvalue weighted by molar-refractivity contribution is -0.197. The molecule has 0 saturated carbocycles. The number of amides is 3. The van der Waals surface area contributed by atoms with Gasteiger partial charge in [0.15, 0.2) is 0 Å². The molecule has 2 unspecified atom stereocenters. The number of hydrogen-bond donors (Lipinski definition) is 2. The number of ether oxygens (including phenoxy) is 1. The van der Waals surface area contributed by atoms with Gasteiger partial charge in [-0.25, -0.2) is 0 Å². The molecular formula is C19H31F2N5O4. The quantitative estimate of drug-likeness (QED) is 0.565. The highest BCUT2D eigenvalue weighted by atomic mass is 19.4. The zero-order chi connectivity index (χ0) is 21.8. The van der Waals surface area contributed by atoms with Crippen molar-refractivity contribution < 1.29 is 28.1 Å². The first-order valence-electron chi connectivity index (χ1n) is 10.6. The van der Waals surface area contributed by atoms with Crippen LogP contribution in [0.15, 0.2) is 0 Å². The molecule has 3 rings (SSSR count). The van der Waals surface area contributed by atoms with E-state index >= 15 is 0 Å². The number of likely N-dealkylation sites (N-methyl/N-ethyl adjacent to an activating group) is 1. The van der Waals surface area contributed by atoms with Crippen LogP contribution in [0.5, 0.6) is 0 Å². The Morgan fingerprint density at radius 2 is 1.83 bits per heavy atom. The Morgan fingerprint density at radius 1 is 1.13 bits per heavy atom. The molecule has 9 nitrogen and oxygen atoms in total. The van der Waals surface area contributed by atoms with Crippen LogP contribution in [0.1, 0.15) is 32.6 Å². The Bertz CT molecular complexity index is 646. The predicted molar refractivity (Wildman–Crippen MR) is 103 cm³/mol. The van der Waals surface area contributed by atoms with Crippen molar-refractivity contribution in [1.82, 2.24) is 25.8 Å². The summed E-state index contributed by atoms with van der Waals surface area (Å²) in [6.45, 7) is 3.63. The van der Waals surface area contributed by atoms with Gasteiger partial charge in [0.25, 0.3) is 0 Å². The number of nitrogens with one attached hydrogen (secondary N) is 2. The third kappa shape index (κ3) is 4.89. The Kier molecular flexibility index (Phi) is 7.59. The standard InChI is InChI=1S/C19H31F2N5O4/c1-12(22-2)17(27)23-16(13-5-8-30-9-6-13)19(29)25-10-14-4-3-7-24(14)11-15(25)18(28)26(20)21/h12-16,22H,3-11H2,1-2H3,(H,23,27)/t12-,14?,15?,16-/m0/s1. The van der Waals surface area contributed by atoms with Gasteiger partial charge in [-0.3, -0.25) is 19.3 Å². The van der Waals surface area contributed by atoms with Crippen molar-refractivity contribution >= 4 is 17.7 Å². The number of hydrogen-bond acceptors (Lipinski definition) is 6. The van der Waals surface area contributed by atoms with Crippen LogP contribution in [0.2, 0.25) is 0 Å². The molecule has 3 heterocycles. The highest BCUT2D eigenvalue weighted by Gasteiger charge is 2.46. The van der Waals surface area contributed by atoms with Gasteiger partial charge in [0.1, 0.15) is 12.1 Å². The summed E-state index contributed by atoms with van der Waals surface area (Å²) in [5.41, 5.74) is 0. The van der Waals surface area contributed by atoms with E-state index in [2.05, 4.69) is 10.6 Å². The molecule has 0 aromatic heterocycles. The van der Waals surface area contributed by atoms with Gasteiger partial charge < -0.3 is 20.3 Å². The van der Waals surface area contributed by atoms with Gasteiger partial charge >= 0.3 is 5.91 Å². The van der Waals surface area contributed by atoms with Crippen molar-refractivity contribution in [2.24, 2.45) is 5.92 Å².